The normalized spacial score (nSPS) is 10.2. The van der Waals surface area contributed by atoms with Crippen molar-refractivity contribution in [3.63, 3.8) is 0 Å². The van der Waals surface area contributed by atoms with Gasteiger partial charge in [-0.3, -0.25) is 0 Å². The third-order valence-corrected chi connectivity index (χ3v) is 2.32. The highest BCUT2D eigenvalue weighted by Crippen LogP contribution is 2.28. The first-order chi connectivity index (χ1) is 7.31. The summed E-state index contributed by atoms with van der Waals surface area (Å²) < 4.78 is 0. The Morgan fingerprint density at radius 3 is 2.47 bits per heavy atom. The number of hydrogen-bond donors (Lipinski definition) is 2. The van der Waals surface area contributed by atoms with Crippen LogP contribution < -0.4 is 0 Å². The van der Waals surface area contributed by atoms with Crippen molar-refractivity contribution in [1.29, 1.82) is 0 Å². The third kappa shape index (κ3) is 2.00. The minimum absolute atomic E-state index is 0.0153. The number of aliphatic hydroxyl groups is 1. The molecule has 0 amide bonds. The molecule has 15 heavy (non-hydrogen) atoms. The van der Waals surface area contributed by atoms with E-state index in [0.717, 1.165) is 16.7 Å². The lowest BCUT2D eigenvalue weighted by Gasteiger charge is -2.05. The smallest absolute Gasteiger partial charge is 0.123 e. The fourth-order valence-electron chi connectivity index (χ4n) is 1.55. The van der Waals surface area contributed by atoms with Crippen molar-refractivity contribution in [3.05, 3.63) is 54.1 Å². The van der Waals surface area contributed by atoms with Gasteiger partial charge in [0, 0.05) is 5.56 Å². The second-order valence-corrected chi connectivity index (χ2v) is 3.38. The Kier molecular flexibility index (Phi) is 2.70. The van der Waals surface area contributed by atoms with Gasteiger partial charge in [-0.25, -0.2) is 0 Å². The second kappa shape index (κ2) is 4.15. The quantitative estimate of drug-likeness (QED) is 0.782. The van der Waals surface area contributed by atoms with Crippen molar-refractivity contribution in [2.24, 2.45) is 0 Å². The fraction of sp³-hybridized carbons (Fsp3) is 0.0769. The van der Waals surface area contributed by atoms with Crippen molar-refractivity contribution in [2.75, 3.05) is 0 Å². The molecule has 0 radical (unpaired) electrons. The molecule has 0 spiro atoms. The van der Waals surface area contributed by atoms with Gasteiger partial charge in [-0.2, -0.15) is 0 Å². The van der Waals surface area contributed by atoms with Gasteiger partial charge < -0.3 is 10.2 Å². The van der Waals surface area contributed by atoms with E-state index in [2.05, 4.69) is 0 Å². The summed E-state index contributed by atoms with van der Waals surface area (Å²) in [6.07, 6.45) is 0. The lowest BCUT2D eigenvalue weighted by Crippen LogP contribution is -1.84. The zero-order chi connectivity index (χ0) is 10.7. The molecule has 2 rings (SSSR count). The molecule has 0 fully saturated rings. The van der Waals surface area contributed by atoms with E-state index in [9.17, 15) is 5.11 Å². The van der Waals surface area contributed by atoms with E-state index in [-0.39, 0.29) is 12.4 Å². The number of phenols is 1. The Bertz CT molecular complexity index is 464. The summed E-state index contributed by atoms with van der Waals surface area (Å²) in [5.74, 6) is 0.257. The van der Waals surface area contributed by atoms with Gasteiger partial charge in [0.05, 0.1) is 6.61 Å². The van der Waals surface area contributed by atoms with Crippen LogP contribution in [-0.4, -0.2) is 10.2 Å². The van der Waals surface area contributed by atoms with Crippen molar-refractivity contribution >= 4 is 0 Å². The van der Waals surface area contributed by atoms with E-state index >= 15 is 0 Å². The van der Waals surface area contributed by atoms with Gasteiger partial charge >= 0.3 is 0 Å². The standard InChI is InChI=1S/C13H12O2/c14-9-10-4-3-5-11(8-10)12-6-1-2-7-13(12)15/h1-8,14-15H,9H2. The summed E-state index contributed by atoms with van der Waals surface area (Å²) in [4.78, 5) is 0. The van der Waals surface area contributed by atoms with Crippen LogP contribution in [0.15, 0.2) is 48.5 Å². The van der Waals surface area contributed by atoms with Gasteiger partial charge in [-0.05, 0) is 23.3 Å². The van der Waals surface area contributed by atoms with Gasteiger partial charge in [0.15, 0.2) is 0 Å². The predicted octanol–water partition coefficient (Wildman–Crippen LogP) is 2.55. The Labute approximate surface area is 88.4 Å². The van der Waals surface area contributed by atoms with E-state index in [1.807, 2.05) is 36.4 Å². The minimum Gasteiger partial charge on any atom is -0.507 e. The molecule has 0 atom stereocenters. The molecule has 0 aliphatic rings. The van der Waals surface area contributed by atoms with Crippen LogP contribution in [0.5, 0.6) is 5.75 Å². The molecule has 0 unspecified atom stereocenters. The molecule has 0 aromatic heterocycles. The van der Waals surface area contributed by atoms with Crippen LogP contribution in [0, 0.1) is 0 Å². The molecule has 2 heteroatoms. The maximum atomic E-state index is 9.67. The summed E-state index contributed by atoms with van der Waals surface area (Å²) in [5.41, 5.74) is 2.54. The van der Waals surface area contributed by atoms with Gasteiger partial charge in [-0.15, -0.1) is 0 Å². The number of aromatic hydroxyl groups is 1. The summed E-state index contributed by atoms with van der Waals surface area (Å²) in [7, 11) is 0. The average Bonchev–Trinajstić information content (AvgIpc) is 2.30. The fourth-order valence-corrected chi connectivity index (χ4v) is 1.55. The molecule has 2 nitrogen and oxygen atoms in total. The van der Waals surface area contributed by atoms with Crippen LogP contribution >= 0.6 is 0 Å². The maximum absolute atomic E-state index is 9.67. The molecule has 0 saturated heterocycles. The number of hydrogen-bond acceptors (Lipinski definition) is 2. The first-order valence-electron chi connectivity index (χ1n) is 4.79. The van der Waals surface area contributed by atoms with Crippen LogP contribution in [0.3, 0.4) is 0 Å². The minimum atomic E-state index is 0.0153. The molecule has 2 aromatic rings. The average molecular weight is 200 g/mol. The van der Waals surface area contributed by atoms with Crippen molar-refractivity contribution in [2.45, 2.75) is 6.61 Å². The summed E-state index contributed by atoms with van der Waals surface area (Å²) in [5, 5.41) is 18.7. The SMILES string of the molecule is OCc1cccc(-c2ccccc2O)c1. The lowest BCUT2D eigenvalue weighted by atomic mass is 10.0. The number of rotatable bonds is 2. The molecule has 0 aliphatic heterocycles. The Hall–Kier alpha value is -1.80. The van der Waals surface area contributed by atoms with E-state index in [4.69, 9.17) is 5.11 Å². The number of phenolic OH excluding ortho intramolecular Hbond substituents is 1. The first kappa shape index (κ1) is 9.74. The van der Waals surface area contributed by atoms with E-state index in [1.165, 1.54) is 0 Å². The topological polar surface area (TPSA) is 40.5 Å². The molecule has 0 aliphatic carbocycles. The molecule has 2 aromatic carbocycles. The Morgan fingerprint density at radius 1 is 0.933 bits per heavy atom. The monoisotopic (exact) mass is 200 g/mol. The highest BCUT2D eigenvalue weighted by Gasteiger charge is 2.02. The van der Waals surface area contributed by atoms with Crippen LogP contribution in [0.1, 0.15) is 5.56 Å². The summed E-state index contributed by atoms with van der Waals surface area (Å²) in [6, 6.07) is 14.7. The highest BCUT2D eigenvalue weighted by atomic mass is 16.3. The van der Waals surface area contributed by atoms with Gasteiger partial charge in [-0.1, -0.05) is 36.4 Å². The van der Waals surface area contributed by atoms with Crippen molar-refractivity contribution < 1.29 is 10.2 Å². The molecular weight excluding hydrogens is 188 g/mol. The largest absolute Gasteiger partial charge is 0.507 e. The van der Waals surface area contributed by atoms with Crippen molar-refractivity contribution in [3.8, 4) is 16.9 Å². The van der Waals surface area contributed by atoms with E-state index in [0.29, 0.717) is 0 Å². The Balaban J connectivity index is 2.49. The van der Waals surface area contributed by atoms with E-state index < -0.39 is 0 Å². The number of benzene rings is 2. The lowest BCUT2D eigenvalue weighted by molar-refractivity contribution is 0.282. The molecule has 2 N–H and O–H groups in total. The molecule has 76 valence electrons. The Morgan fingerprint density at radius 2 is 1.73 bits per heavy atom. The predicted molar refractivity (Wildman–Crippen MR) is 59.5 cm³/mol. The van der Waals surface area contributed by atoms with Crippen molar-refractivity contribution in [1.82, 2.24) is 0 Å². The van der Waals surface area contributed by atoms with Crippen LogP contribution in [0.4, 0.5) is 0 Å². The van der Waals surface area contributed by atoms with Crippen LogP contribution in [0.2, 0.25) is 0 Å². The summed E-state index contributed by atoms with van der Waals surface area (Å²) >= 11 is 0. The zero-order valence-electron chi connectivity index (χ0n) is 8.22. The van der Waals surface area contributed by atoms with Gasteiger partial charge in [0.2, 0.25) is 0 Å². The zero-order valence-corrected chi connectivity index (χ0v) is 8.22. The highest BCUT2D eigenvalue weighted by molar-refractivity contribution is 5.70. The molecular formula is C13H12O2. The maximum Gasteiger partial charge on any atom is 0.123 e. The van der Waals surface area contributed by atoms with Gasteiger partial charge in [0.25, 0.3) is 0 Å². The molecule has 0 heterocycles. The van der Waals surface area contributed by atoms with Gasteiger partial charge in [0.1, 0.15) is 5.75 Å². The summed E-state index contributed by atoms with van der Waals surface area (Å²) in [6.45, 7) is 0.0153. The van der Waals surface area contributed by atoms with Crippen LogP contribution in [-0.2, 0) is 6.61 Å². The molecule has 0 bridgehead atoms. The van der Waals surface area contributed by atoms with Crippen LogP contribution in [0.25, 0.3) is 11.1 Å². The third-order valence-electron chi connectivity index (χ3n) is 2.32. The molecule has 0 saturated carbocycles. The second-order valence-electron chi connectivity index (χ2n) is 3.38. The number of para-hydroxylation sites is 1. The number of aliphatic hydroxyl groups excluding tert-OH is 1. The first-order valence-corrected chi connectivity index (χ1v) is 4.79. The van der Waals surface area contributed by atoms with E-state index in [1.54, 1.807) is 12.1 Å².